The monoisotopic (exact) mass is 557 g/mol. The average molecular weight is 558 g/mol. The van der Waals surface area contributed by atoms with E-state index in [0.717, 1.165) is 34.1 Å². The summed E-state index contributed by atoms with van der Waals surface area (Å²) in [5, 5.41) is 16.6. The lowest BCUT2D eigenvalue weighted by Crippen LogP contribution is -2.52. The van der Waals surface area contributed by atoms with Crippen molar-refractivity contribution in [1.82, 2.24) is 20.2 Å². The number of nitrogens with zero attached hydrogens (tertiary/aromatic N) is 3. The molecule has 10 heteroatoms. The standard InChI is InChI=1S/C31H35N5O5/c1-18(2)15-23(33-31(40)36-14-13-20-9-5-7-11-25(20)36)28(37)32-24(29-34-27(30(38)39)19(3)41-29)16-21-17-35(4)26-12-8-6-10-22(21)26/h5-12,17-18,23-24H,13-16H2,1-4H3,(H,32,37)(H,33,40)(H,38,39)/t23-,24?/m0/s1. The summed E-state index contributed by atoms with van der Waals surface area (Å²) in [7, 11) is 1.95. The number of amides is 3. The number of urea groups is 1. The van der Waals surface area contributed by atoms with Crippen molar-refractivity contribution in [2.24, 2.45) is 13.0 Å². The predicted octanol–water partition coefficient (Wildman–Crippen LogP) is 4.76. The van der Waals surface area contributed by atoms with Gasteiger partial charge in [0.15, 0.2) is 5.69 Å². The number of aromatic nitrogens is 2. The number of carbonyl (C=O) groups is 3. The number of fused-ring (bicyclic) bond motifs is 2. The minimum Gasteiger partial charge on any atom is -0.476 e. The molecule has 5 rings (SSSR count). The summed E-state index contributed by atoms with van der Waals surface area (Å²) in [5.74, 6) is -1.22. The smallest absolute Gasteiger partial charge is 0.358 e. The maximum Gasteiger partial charge on any atom is 0.358 e. The lowest BCUT2D eigenvalue weighted by Gasteiger charge is -2.26. The molecule has 2 atom stereocenters. The van der Waals surface area contributed by atoms with Crippen LogP contribution in [-0.4, -0.2) is 45.2 Å². The minimum absolute atomic E-state index is 0.101. The quantitative estimate of drug-likeness (QED) is 0.272. The van der Waals surface area contributed by atoms with Crippen molar-refractivity contribution in [1.29, 1.82) is 0 Å². The largest absolute Gasteiger partial charge is 0.476 e. The molecule has 0 fully saturated rings. The maximum absolute atomic E-state index is 13.8. The molecule has 1 aliphatic rings. The van der Waals surface area contributed by atoms with E-state index < -0.39 is 24.0 Å². The van der Waals surface area contributed by atoms with Crippen molar-refractivity contribution in [3.05, 3.63) is 83.2 Å². The number of para-hydroxylation sites is 2. The molecule has 3 amide bonds. The number of benzene rings is 2. The second-order valence-electron chi connectivity index (χ2n) is 11.0. The highest BCUT2D eigenvalue weighted by Crippen LogP contribution is 2.29. The number of carboxylic acid groups (broad SMARTS) is 1. The van der Waals surface area contributed by atoms with Gasteiger partial charge in [0.25, 0.3) is 0 Å². The molecule has 2 aromatic heterocycles. The van der Waals surface area contributed by atoms with E-state index in [0.29, 0.717) is 19.4 Å². The topological polar surface area (TPSA) is 130 Å². The lowest BCUT2D eigenvalue weighted by atomic mass is 10.0. The van der Waals surface area contributed by atoms with Crippen molar-refractivity contribution in [3.63, 3.8) is 0 Å². The van der Waals surface area contributed by atoms with Gasteiger partial charge in [-0.15, -0.1) is 0 Å². The molecule has 0 saturated carbocycles. The molecule has 0 saturated heterocycles. The summed E-state index contributed by atoms with van der Waals surface area (Å²) in [6.45, 7) is 6.05. The van der Waals surface area contributed by atoms with Crippen molar-refractivity contribution < 1.29 is 23.9 Å². The molecule has 41 heavy (non-hydrogen) atoms. The number of rotatable bonds is 9. The normalized spacial score (nSPS) is 14.2. The first-order valence-electron chi connectivity index (χ1n) is 13.8. The summed E-state index contributed by atoms with van der Waals surface area (Å²) >= 11 is 0. The van der Waals surface area contributed by atoms with Crippen LogP contribution in [0.3, 0.4) is 0 Å². The molecule has 3 N–H and O–H groups in total. The number of oxazole rings is 1. The number of hydrogen-bond acceptors (Lipinski definition) is 5. The molecule has 214 valence electrons. The van der Waals surface area contributed by atoms with Gasteiger partial charge >= 0.3 is 12.0 Å². The van der Waals surface area contributed by atoms with Crippen LogP contribution < -0.4 is 15.5 Å². The number of aryl methyl sites for hydroxylation is 2. The summed E-state index contributed by atoms with van der Waals surface area (Å²) in [6, 6.07) is 13.8. The summed E-state index contributed by atoms with van der Waals surface area (Å²) < 4.78 is 7.79. The highest BCUT2D eigenvalue weighted by Gasteiger charge is 2.32. The van der Waals surface area contributed by atoms with Gasteiger partial charge in [-0.1, -0.05) is 50.2 Å². The van der Waals surface area contributed by atoms with Crippen LogP contribution in [0.4, 0.5) is 10.5 Å². The summed E-state index contributed by atoms with van der Waals surface area (Å²) in [5.41, 5.74) is 3.71. The van der Waals surface area contributed by atoms with Crippen LogP contribution in [0, 0.1) is 12.8 Å². The van der Waals surface area contributed by atoms with E-state index in [1.807, 2.05) is 80.2 Å². The first kappa shape index (κ1) is 27.9. The number of carboxylic acids is 1. The molecule has 0 radical (unpaired) electrons. The Hall–Kier alpha value is -4.60. The number of aromatic carboxylic acids is 1. The maximum atomic E-state index is 13.8. The minimum atomic E-state index is -1.21. The zero-order chi connectivity index (χ0) is 29.3. The molecule has 10 nitrogen and oxygen atoms in total. The molecule has 2 aromatic carbocycles. The predicted molar refractivity (Wildman–Crippen MR) is 155 cm³/mol. The molecule has 1 unspecified atom stereocenters. The first-order valence-corrected chi connectivity index (χ1v) is 13.8. The van der Waals surface area contributed by atoms with Crippen molar-refractivity contribution >= 4 is 34.5 Å². The molecule has 0 spiro atoms. The van der Waals surface area contributed by atoms with Gasteiger partial charge in [-0.25, -0.2) is 14.6 Å². The second kappa shape index (κ2) is 11.5. The first-order chi connectivity index (χ1) is 19.6. The average Bonchev–Trinajstić information content (AvgIpc) is 3.63. The Bertz CT molecular complexity index is 1600. The van der Waals surface area contributed by atoms with Crippen LogP contribution in [0.25, 0.3) is 10.9 Å². The highest BCUT2D eigenvalue weighted by molar-refractivity contribution is 5.97. The van der Waals surface area contributed by atoms with Gasteiger partial charge < -0.3 is 24.7 Å². The SMILES string of the molecule is Cc1oc(C(Cc2cn(C)c3ccccc23)NC(=O)[C@H](CC(C)C)NC(=O)N2CCc3ccccc32)nc1C(=O)O. The van der Waals surface area contributed by atoms with Crippen LogP contribution in [0.5, 0.6) is 0 Å². The van der Waals surface area contributed by atoms with E-state index in [9.17, 15) is 19.5 Å². The van der Waals surface area contributed by atoms with Gasteiger partial charge in [-0.3, -0.25) is 9.69 Å². The van der Waals surface area contributed by atoms with Crippen LogP contribution in [-0.2, 0) is 24.7 Å². The van der Waals surface area contributed by atoms with Gasteiger partial charge in [0, 0.05) is 42.8 Å². The Kier molecular flexibility index (Phi) is 7.83. The molecule has 0 aliphatic carbocycles. The van der Waals surface area contributed by atoms with Crippen LogP contribution in [0.2, 0.25) is 0 Å². The van der Waals surface area contributed by atoms with E-state index in [2.05, 4.69) is 15.6 Å². The van der Waals surface area contributed by atoms with Crippen molar-refractivity contribution in [2.45, 2.75) is 52.1 Å². The van der Waals surface area contributed by atoms with Gasteiger partial charge in [-0.05, 0) is 48.9 Å². The Labute approximate surface area is 238 Å². The Balaban J connectivity index is 1.42. The Morgan fingerprint density at radius 2 is 1.80 bits per heavy atom. The summed E-state index contributed by atoms with van der Waals surface area (Å²) in [4.78, 5) is 44.8. The van der Waals surface area contributed by atoms with Crippen molar-refractivity contribution in [2.75, 3.05) is 11.4 Å². The zero-order valence-corrected chi connectivity index (χ0v) is 23.7. The molecular formula is C31H35N5O5. The van der Waals surface area contributed by atoms with Gasteiger partial charge in [-0.2, -0.15) is 0 Å². The molecule has 0 bridgehead atoms. The third-order valence-electron chi connectivity index (χ3n) is 7.49. The highest BCUT2D eigenvalue weighted by atomic mass is 16.4. The fourth-order valence-corrected chi connectivity index (χ4v) is 5.52. The molecule has 3 heterocycles. The third kappa shape index (κ3) is 5.82. The number of anilines is 1. The van der Waals surface area contributed by atoms with E-state index in [1.165, 1.54) is 6.92 Å². The lowest BCUT2D eigenvalue weighted by molar-refractivity contribution is -0.124. The van der Waals surface area contributed by atoms with Crippen LogP contribution in [0.1, 0.15) is 59.6 Å². The fourth-order valence-electron chi connectivity index (χ4n) is 5.52. The molecular weight excluding hydrogens is 522 g/mol. The third-order valence-corrected chi connectivity index (χ3v) is 7.49. The van der Waals surface area contributed by atoms with Gasteiger partial charge in [0.05, 0.1) is 0 Å². The van der Waals surface area contributed by atoms with Crippen LogP contribution >= 0.6 is 0 Å². The number of nitrogens with one attached hydrogen (secondary N) is 2. The van der Waals surface area contributed by atoms with Gasteiger partial charge in [0.1, 0.15) is 17.8 Å². The Morgan fingerprint density at radius 1 is 1.07 bits per heavy atom. The van der Waals surface area contributed by atoms with E-state index in [-0.39, 0.29) is 29.3 Å². The number of carbonyl (C=O) groups excluding carboxylic acids is 2. The van der Waals surface area contributed by atoms with Gasteiger partial charge in [0.2, 0.25) is 11.8 Å². The zero-order valence-electron chi connectivity index (χ0n) is 23.7. The van der Waals surface area contributed by atoms with E-state index >= 15 is 0 Å². The summed E-state index contributed by atoms with van der Waals surface area (Å²) in [6.07, 6.45) is 3.47. The second-order valence-corrected chi connectivity index (χ2v) is 11.0. The van der Waals surface area contributed by atoms with E-state index in [4.69, 9.17) is 4.42 Å². The number of hydrogen-bond donors (Lipinski definition) is 3. The van der Waals surface area contributed by atoms with E-state index in [1.54, 1.807) is 4.90 Å². The molecule has 4 aromatic rings. The molecule has 1 aliphatic heterocycles. The van der Waals surface area contributed by atoms with Crippen LogP contribution in [0.15, 0.2) is 59.1 Å². The fraction of sp³-hybridized carbons (Fsp3) is 0.355. The van der Waals surface area contributed by atoms with Crippen molar-refractivity contribution in [3.8, 4) is 0 Å². The Morgan fingerprint density at radius 3 is 2.54 bits per heavy atom.